The van der Waals surface area contributed by atoms with Crippen molar-refractivity contribution in [3.63, 3.8) is 0 Å². The molecule has 160 valence electrons. The molecule has 0 saturated heterocycles. The molecule has 0 unspecified atom stereocenters. The van der Waals surface area contributed by atoms with E-state index in [0.29, 0.717) is 5.69 Å². The minimum atomic E-state index is 0.413. The van der Waals surface area contributed by atoms with Gasteiger partial charge in [0.05, 0.1) is 16.4 Å². The van der Waals surface area contributed by atoms with Crippen molar-refractivity contribution in [3.05, 3.63) is 114 Å². The van der Waals surface area contributed by atoms with Crippen molar-refractivity contribution in [2.24, 2.45) is 5.18 Å². The number of furan rings is 1. The molecule has 5 aromatic carbocycles. The van der Waals surface area contributed by atoms with Crippen LogP contribution in [0.4, 0.5) is 5.69 Å². The highest BCUT2D eigenvalue weighted by Crippen LogP contribution is 2.46. The summed E-state index contributed by atoms with van der Waals surface area (Å²) in [4.78, 5) is 11.8. The SMILES string of the molecule is O=Nc1ccccc1-c1cc2oc3ccccc3c2c2c1c1ccccc1n2-c1ccccc1. The van der Waals surface area contributed by atoms with Crippen LogP contribution in [0.1, 0.15) is 0 Å². The minimum absolute atomic E-state index is 0.413. The second kappa shape index (κ2) is 7.15. The molecule has 0 bridgehead atoms. The molecule has 2 aromatic heterocycles. The van der Waals surface area contributed by atoms with Gasteiger partial charge in [-0.05, 0) is 47.1 Å². The van der Waals surface area contributed by atoms with Crippen molar-refractivity contribution in [2.75, 3.05) is 0 Å². The number of rotatable bonds is 3. The zero-order chi connectivity index (χ0) is 22.6. The standard InChI is InChI=1S/C30H18N2O2/c33-31-24-15-7-4-12-20(24)23-18-27-29(22-14-6-9-17-26(22)34-27)30-28(23)21-13-5-8-16-25(21)32(30)19-10-2-1-3-11-19/h1-18H. The summed E-state index contributed by atoms with van der Waals surface area (Å²) in [7, 11) is 0. The summed E-state index contributed by atoms with van der Waals surface area (Å²) in [6.45, 7) is 0. The summed E-state index contributed by atoms with van der Waals surface area (Å²) >= 11 is 0. The highest BCUT2D eigenvalue weighted by Gasteiger charge is 2.23. The van der Waals surface area contributed by atoms with Crippen LogP contribution < -0.4 is 0 Å². The highest BCUT2D eigenvalue weighted by molar-refractivity contribution is 6.28. The first kappa shape index (κ1) is 18.8. The molecule has 2 heterocycles. The third-order valence-electron chi connectivity index (χ3n) is 6.59. The van der Waals surface area contributed by atoms with E-state index in [4.69, 9.17) is 4.42 Å². The van der Waals surface area contributed by atoms with Gasteiger partial charge in [-0.1, -0.05) is 72.8 Å². The lowest BCUT2D eigenvalue weighted by atomic mass is 9.96. The Labute approximate surface area is 194 Å². The smallest absolute Gasteiger partial charge is 0.138 e. The van der Waals surface area contributed by atoms with E-state index < -0.39 is 0 Å². The van der Waals surface area contributed by atoms with Gasteiger partial charge >= 0.3 is 0 Å². The van der Waals surface area contributed by atoms with Gasteiger partial charge < -0.3 is 8.98 Å². The lowest BCUT2D eigenvalue weighted by Crippen LogP contribution is -1.94. The lowest BCUT2D eigenvalue weighted by molar-refractivity contribution is 0.669. The van der Waals surface area contributed by atoms with Crippen LogP contribution in [-0.2, 0) is 0 Å². The molecule has 0 N–H and O–H groups in total. The van der Waals surface area contributed by atoms with E-state index in [1.165, 1.54) is 0 Å². The fraction of sp³-hybridized carbons (Fsp3) is 0. The van der Waals surface area contributed by atoms with Crippen LogP contribution in [-0.4, -0.2) is 4.57 Å². The van der Waals surface area contributed by atoms with E-state index in [2.05, 4.69) is 70.4 Å². The molecule has 0 aliphatic heterocycles. The molecule has 34 heavy (non-hydrogen) atoms. The van der Waals surface area contributed by atoms with Gasteiger partial charge in [0.25, 0.3) is 0 Å². The maximum atomic E-state index is 11.8. The molecule has 7 rings (SSSR count). The van der Waals surface area contributed by atoms with E-state index in [-0.39, 0.29) is 0 Å². The molecule has 0 radical (unpaired) electrons. The molecule has 0 atom stereocenters. The van der Waals surface area contributed by atoms with Crippen molar-refractivity contribution >= 4 is 49.4 Å². The van der Waals surface area contributed by atoms with Crippen LogP contribution in [0.15, 0.2) is 119 Å². The van der Waals surface area contributed by atoms with Crippen molar-refractivity contribution < 1.29 is 4.42 Å². The Balaban J connectivity index is 1.81. The van der Waals surface area contributed by atoms with E-state index in [1.54, 1.807) is 6.07 Å². The Bertz CT molecular complexity index is 1880. The number of aromatic nitrogens is 1. The minimum Gasteiger partial charge on any atom is -0.456 e. The molecule has 0 saturated carbocycles. The molecule has 4 heteroatoms. The Hall–Kier alpha value is -4.70. The molecule has 0 spiro atoms. The molecular formula is C30H18N2O2. The van der Waals surface area contributed by atoms with Gasteiger partial charge in [-0.3, -0.25) is 0 Å². The van der Waals surface area contributed by atoms with Crippen LogP contribution >= 0.6 is 0 Å². The summed E-state index contributed by atoms with van der Waals surface area (Å²) < 4.78 is 8.66. The first-order valence-corrected chi connectivity index (χ1v) is 11.2. The summed E-state index contributed by atoms with van der Waals surface area (Å²) in [6, 6.07) is 36.4. The number of nitroso groups, excluding NO2 is 1. The van der Waals surface area contributed by atoms with E-state index >= 15 is 0 Å². The van der Waals surface area contributed by atoms with Crippen molar-refractivity contribution in [3.8, 4) is 16.8 Å². The molecule has 0 aliphatic carbocycles. The first-order chi connectivity index (χ1) is 16.8. The number of hydrogen-bond donors (Lipinski definition) is 0. The molecule has 0 aliphatic rings. The molecule has 4 nitrogen and oxygen atoms in total. The summed E-state index contributed by atoms with van der Waals surface area (Å²) in [5.74, 6) is 0. The quantitative estimate of drug-likeness (QED) is 0.259. The molecular weight excluding hydrogens is 420 g/mol. The summed E-state index contributed by atoms with van der Waals surface area (Å²) in [6.07, 6.45) is 0. The fourth-order valence-corrected chi connectivity index (χ4v) is 5.20. The Morgan fingerprint density at radius 1 is 0.618 bits per heavy atom. The average Bonchev–Trinajstić information content (AvgIpc) is 3.44. The van der Waals surface area contributed by atoms with E-state index in [1.807, 2.05) is 42.5 Å². The molecule has 7 aromatic rings. The molecule has 0 amide bonds. The second-order valence-corrected chi connectivity index (χ2v) is 8.42. The monoisotopic (exact) mass is 438 g/mol. The summed E-state index contributed by atoms with van der Waals surface area (Å²) in [5, 5.41) is 7.65. The number of para-hydroxylation sites is 3. The first-order valence-electron chi connectivity index (χ1n) is 11.2. The number of fused-ring (bicyclic) bond motifs is 7. The maximum Gasteiger partial charge on any atom is 0.138 e. The topological polar surface area (TPSA) is 47.5 Å². The Kier molecular flexibility index (Phi) is 3.96. The van der Waals surface area contributed by atoms with Crippen LogP contribution in [0.2, 0.25) is 0 Å². The van der Waals surface area contributed by atoms with Crippen molar-refractivity contribution in [2.45, 2.75) is 0 Å². The van der Waals surface area contributed by atoms with Crippen molar-refractivity contribution in [1.82, 2.24) is 4.57 Å². The normalized spacial score (nSPS) is 11.6. The second-order valence-electron chi connectivity index (χ2n) is 8.42. The zero-order valence-corrected chi connectivity index (χ0v) is 18.1. The largest absolute Gasteiger partial charge is 0.456 e. The number of hydrogen-bond acceptors (Lipinski definition) is 3. The van der Waals surface area contributed by atoms with E-state index in [0.717, 1.165) is 60.6 Å². The van der Waals surface area contributed by atoms with Gasteiger partial charge in [0.1, 0.15) is 16.9 Å². The van der Waals surface area contributed by atoms with Gasteiger partial charge in [-0.25, -0.2) is 0 Å². The van der Waals surface area contributed by atoms with Gasteiger partial charge in [0.2, 0.25) is 0 Å². The van der Waals surface area contributed by atoms with Crippen molar-refractivity contribution in [1.29, 1.82) is 0 Å². The third-order valence-corrected chi connectivity index (χ3v) is 6.59. The van der Waals surface area contributed by atoms with E-state index in [9.17, 15) is 4.91 Å². The predicted octanol–water partition coefficient (Wildman–Crippen LogP) is 8.75. The van der Waals surface area contributed by atoms with Gasteiger partial charge in [-0.15, -0.1) is 4.91 Å². The average molecular weight is 438 g/mol. The Morgan fingerprint density at radius 3 is 2.18 bits per heavy atom. The zero-order valence-electron chi connectivity index (χ0n) is 18.1. The van der Waals surface area contributed by atoms with Crippen LogP contribution in [0.25, 0.3) is 60.6 Å². The number of nitrogens with zero attached hydrogens (tertiary/aromatic N) is 2. The third kappa shape index (κ3) is 2.54. The van der Waals surface area contributed by atoms with Gasteiger partial charge in [0, 0.05) is 27.4 Å². The fourth-order valence-electron chi connectivity index (χ4n) is 5.20. The van der Waals surface area contributed by atoms with Crippen LogP contribution in [0.5, 0.6) is 0 Å². The van der Waals surface area contributed by atoms with Gasteiger partial charge in [0.15, 0.2) is 0 Å². The lowest BCUT2D eigenvalue weighted by Gasteiger charge is -2.11. The number of benzene rings is 5. The van der Waals surface area contributed by atoms with Gasteiger partial charge in [-0.2, -0.15) is 0 Å². The molecule has 0 fully saturated rings. The van der Waals surface area contributed by atoms with Crippen LogP contribution in [0, 0.1) is 4.91 Å². The van der Waals surface area contributed by atoms with Crippen LogP contribution in [0.3, 0.4) is 0 Å². The highest BCUT2D eigenvalue weighted by atomic mass is 16.3. The summed E-state index contributed by atoms with van der Waals surface area (Å²) in [5.41, 5.74) is 6.98. The predicted molar refractivity (Wildman–Crippen MR) is 139 cm³/mol. The Morgan fingerprint density at radius 2 is 1.32 bits per heavy atom. The maximum absolute atomic E-state index is 11.8.